The molecule has 25 heavy (non-hydrogen) atoms. The highest BCUT2D eigenvalue weighted by molar-refractivity contribution is 5.74. The summed E-state index contributed by atoms with van der Waals surface area (Å²) in [6.45, 7) is 2.25. The lowest BCUT2D eigenvalue weighted by molar-refractivity contribution is 0.298. The molecule has 6 N–H and O–H groups in total. The summed E-state index contributed by atoms with van der Waals surface area (Å²) < 4.78 is 0. The van der Waals surface area contributed by atoms with Crippen molar-refractivity contribution in [2.24, 2.45) is 0 Å². The molecule has 0 aliphatic heterocycles. The first-order valence-corrected chi connectivity index (χ1v) is 8.22. The van der Waals surface area contributed by atoms with Gasteiger partial charge in [0.05, 0.1) is 11.4 Å². The van der Waals surface area contributed by atoms with Crippen molar-refractivity contribution in [3.63, 3.8) is 0 Å². The van der Waals surface area contributed by atoms with Crippen molar-refractivity contribution in [3.8, 4) is 0 Å². The number of benzene rings is 2. The number of aliphatic hydroxyl groups excluding tert-OH is 1. The molecule has 3 rings (SSSR count). The summed E-state index contributed by atoms with van der Waals surface area (Å²) in [5.74, 6) is 0. The lowest BCUT2D eigenvalue weighted by atomic mass is 10.1. The van der Waals surface area contributed by atoms with Crippen LogP contribution in [0.2, 0.25) is 0 Å². The fraction of sp³-hybridized carbons (Fsp3) is 0.143. The minimum absolute atomic E-state index is 0.224. The van der Waals surface area contributed by atoms with Gasteiger partial charge in [-0.25, -0.2) is 0 Å². The Hall–Kier alpha value is -2.98. The Kier molecular flexibility index (Phi) is 6.87. The Morgan fingerprint density at radius 1 is 0.920 bits per heavy atom. The molecule has 0 aliphatic rings. The Bertz CT molecular complexity index is 807. The lowest BCUT2D eigenvalue weighted by Gasteiger charge is -2.00. The molecule has 0 saturated carbocycles. The van der Waals surface area contributed by atoms with Gasteiger partial charge in [0.15, 0.2) is 0 Å². The summed E-state index contributed by atoms with van der Waals surface area (Å²) in [5, 5.41) is 8.54. The van der Waals surface area contributed by atoms with Gasteiger partial charge in [0, 0.05) is 24.9 Å². The molecule has 0 amide bonds. The van der Waals surface area contributed by atoms with Crippen molar-refractivity contribution in [2.45, 2.75) is 13.3 Å². The van der Waals surface area contributed by atoms with E-state index in [4.69, 9.17) is 16.6 Å². The zero-order valence-corrected chi connectivity index (χ0v) is 14.4. The first-order valence-electron chi connectivity index (χ1n) is 8.22. The molecule has 0 fully saturated rings. The SMILES string of the molecule is Cc1cc[nH]c1CCO.Nc1ccc(C=Cc2ccccc2)cc1N. The van der Waals surface area contributed by atoms with Crippen molar-refractivity contribution in [2.75, 3.05) is 18.1 Å². The number of aromatic amines is 1. The average Bonchev–Trinajstić information content (AvgIpc) is 3.03. The van der Waals surface area contributed by atoms with E-state index in [1.165, 1.54) is 5.56 Å². The van der Waals surface area contributed by atoms with Crippen LogP contribution in [0.25, 0.3) is 12.2 Å². The van der Waals surface area contributed by atoms with Crippen LogP contribution in [-0.2, 0) is 6.42 Å². The highest BCUT2D eigenvalue weighted by atomic mass is 16.3. The molecule has 3 aromatic rings. The number of nitrogen functional groups attached to an aromatic ring is 2. The van der Waals surface area contributed by atoms with E-state index in [0.717, 1.165) is 23.2 Å². The average molecular weight is 335 g/mol. The molecule has 0 radical (unpaired) electrons. The number of aliphatic hydroxyl groups is 1. The molecule has 4 heteroatoms. The molecule has 4 nitrogen and oxygen atoms in total. The van der Waals surface area contributed by atoms with E-state index in [-0.39, 0.29) is 6.61 Å². The zero-order chi connectivity index (χ0) is 18.1. The first kappa shape index (κ1) is 18.4. The number of aryl methyl sites for hydroxylation is 1. The molecule has 0 saturated heterocycles. The third-order valence-corrected chi connectivity index (χ3v) is 3.81. The monoisotopic (exact) mass is 335 g/mol. The molecule has 0 unspecified atom stereocenters. The standard InChI is InChI=1S/C14H14N2.C7H11NO/c15-13-9-8-12(10-14(13)16)7-6-11-4-2-1-3-5-11;1-6-2-4-8-7(6)3-5-9/h1-10H,15-16H2;2,4,8-9H,3,5H2,1H3. The van der Waals surface area contributed by atoms with Gasteiger partial charge in [-0.3, -0.25) is 0 Å². The van der Waals surface area contributed by atoms with Gasteiger partial charge in [0.1, 0.15) is 0 Å². The van der Waals surface area contributed by atoms with Crippen molar-refractivity contribution in [3.05, 3.63) is 83.2 Å². The Morgan fingerprint density at radius 2 is 1.64 bits per heavy atom. The van der Waals surface area contributed by atoms with E-state index in [1.54, 1.807) is 0 Å². The smallest absolute Gasteiger partial charge is 0.0553 e. The third-order valence-electron chi connectivity index (χ3n) is 3.81. The van der Waals surface area contributed by atoms with Crippen LogP contribution < -0.4 is 11.5 Å². The van der Waals surface area contributed by atoms with Crippen LogP contribution in [0, 0.1) is 6.92 Å². The highest BCUT2D eigenvalue weighted by Gasteiger charge is 1.95. The van der Waals surface area contributed by atoms with Crippen LogP contribution in [-0.4, -0.2) is 16.7 Å². The maximum Gasteiger partial charge on any atom is 0.0553 e. The van der Waals surface area contributed by atoms with Crippen LogP contribution in [0.15, 0.2) is 60.8 Å². The van der Waals surface area contributed by atoms with Gasteiger partial charge in [-0.2, -0.15) is 0 Å². The van der Waals surface area contributed by atoms with Crippen molar-refractivity contribution in [1.29, 1.82) is 0 Å². The lowest BCUT2D eigenvalue weighted by Crippen LogP contribution is -1.93. The van der Waals surface area contributed by atoms with Gasteiger partial charge >= 0.3 is 0 Å². The molecule has 1 aromatic heterocycles. The second kappa shape index (κ2) is 9.35. The quantitative estimate of drug-likeness (QED) is 0.431. The molecule has 0 aliphatic carbocycles. The zero-order valence-electron chi connectivity index (χ0n) is 14.4. The molecule has 0 spiro atoms. The largest absolute Gasteiger partial charge is 0.397 e. The number of aromatic nitrogens is 1. The minimum Gasteiger partial charge on any atom is -0.397 e. The summed E-state index contributed by atoms with van der Waals surface area (Å²) >= 11 is 0. The molecular formula is C21H25N3O. The fourth-order valence-electron chi connectivity index (χ4n) is 2.32. The van der Waals surface area contributed by atoms with Crippen LogP contribution in [0.1, 0.15) is 22.4 Å². The predicted molar refractivity (Wildman–Crippen MR) is 107 cm³/mol. The van der Waals surface area contributed by atoms with E-state index >= 15 is 0 Å². The fourth-order valence-corrected chi connectivity index (χ4v) is 2.32. The van der Waals surface area contributed by atoms with E-state index in [2.05, 4.69) is 17.1 Å². The van der Waals surface area contributed by atoms with E-state index in [1.807, 2.05) is 67.7 Å². The van der Waals surface area contributed by atoms with E-state index in [0.29, 0.717) is 11.4 Å². The molecular weight excluding hydrogens is 310 g/mol. The van der Waals surface area contributed by atoms with E-state index < -0.39 is 0 Å². The van der Waals surface area contributed by atoms with Crippen LogP contribution in [0.3, 0.4) is 0 Å². The van der Waals surface area contributed by atoms with Crippen LogP contribution >= 0.6 is 0 Å². The van der Waals surface area contributed by atoms with Gasteiger partial charge in [0.2, 0.25) is 0 Å². The summed E-state index contributed by atoms with van der Waals surface area (Å²) in [4.78, 5) is 3.05. The number of nitrogens with two attached hydrogens (primary N) is 2. The molecule has 1 heterocycles. The predicted octanol–water partition coefficient (Wildman–Crippen LogP) is 3.88. The minimum atomic E-state index is 0.224. The molecule has 0 atom stereocenters. The maximum absolute atomic E-state index is 8.54. The number of hydrogen-bond acceptors (Lipinski definition) is 3. The number of anilines is 2. The third kappa shape index (κ3) is 5.86. The second-order valence-corrected chi connectivity index (χ2v) is 5.75. The van der Waals surface area contributed by atoms with E-state index in [9.17, 15) is 0 Å². The normalized spacial score (nSPS) is 10.5. The first-order chi connectivity index (χ1) is 12.1. The Morgan fingerprint density at radius 3 is 2.24 bits per heavy atom. The molecule has 0 bridgehead atoms. The second-order valence-electron chi connectivity index (χ2n) is 5.75. The number of nitrogens with one attached hydrogen (secondary N) is 1. The van der Waals surface area contributed by atoms with Crippen molar-refractivity contribution >= 4 is 23.5 Å². The van der Waals surface area contributed by atoms with Gasteiger partial charge in [0.25, 0.3) is 0 Å². The topological polar surface area (TPSA) is 88.1 Å². The van der Waals surface area contributed by atoms with Gasteiger partial charge < -0.3 is 21.6 Å². The highest BCUT2D eigenvalue weighted by Crippen LogP contribution is 2.17. The Labute approximate surface area is 148 Å². The van der Waals surface area contributed by atoms with Gasteiger partial charge in [-0.05, 0) is 41.8 Å². The molecule has 130 valence electrons. The summed E-state index contributed by atoms with van der Waals surface area (Å²) in [6, 6.07) is 17.8. The number of rotatable bonds is 4. The Balaban J connectivity index is 0.000000212. The van der Waals surface area contributed by atoms with Crippen LogP contribution in [0.4, 0.5) is 11.4 Å². The summed E-state index contributed by atoms with van der Waals surface area (Å²) in [7, 11) is 0. The number of hydrogen-bond donors (Lipinski definition) is 4. The summed E-state index contributed by atoms with van der Waals surface area (Å²) in [6.07, 6.45) is 6.69. The summed E-state index contributed by atoms with van der Waals surface area (Å²) in [5.41, 5.74) is 17.2. The van der Waals surface area contributed by atoms with Gasteiger partial charge in [-0.1, -0.05) is 48.6 Å². The van der Waals surface area contributed by atoms with Crippen LogP contribution in [0.5, 0.6) is 0 Å². The van der Waals surface area contributed by atoms with Crippen molar-refractivity contribution < 1.29 is 5.11 Å². The van der Waals surface area contributed by atoms with Gasteiger partial charge in [-0.15, -0.1) is 0 Å². The van der Waals surface area contributed by atoms with Crippen molar-refractivity contribution in [1.82, 2.24) is 4.98 Å². The maximum atomic E-state index is 8.54. The molecule has 2 aromatic carbocycles. The number of H-pyrrole nitrogens is 1.